The predicted molar refractivity (Wildman–Crippen MR) is 211 cm³/mol. The van der Waals surface area contributed by atoms with Crippen molar-refractivity contribution in [2.45, 2.75) is 170 Å². The summed E-state index contributed by atoms with van der Waals surface area (Å²) in [6.07, 6.45) is 0.187. The minimum absolute atomic E-state index is 0.0936. The maximum atomic E-state index is 18.9. The quantitative estimate of drug-likeness (QED) is 0.128. The molecule has 2 nitrogen and oxygen atoms in total. The predicted octanol–water partition coefficient (Wildman–Crippen LogP) is 14.4. The average molecular weight is 757 g/mol. The largest absolute Gasteiger partial charge is 0.329 e. The Balaban J connectivity index is 1.92. The molecule has 0 N–H and O–H groups in total. The highest BCUT2D eigenvalue weighted by Crippen LogP contribution is 2.66. The molecule has 5 rings (SSSR count). The van der Waals surface area contributed by atoms with Crippen LogP contribution in [0.1, 0.15) is 181 Å². The van der Waals surface area contributed by atoms with Gasteiger partial charge in [0, 0.05) is 33.3 Å². The van der Waals surface area contributed by atoms with Gasteiger partial charge in [0.15, 0.2) is 23.3 Å². The topological polar surface area (TPSA) is 6.48 Å². The van der Waals surface area contributed by atoms with Crippen LogP contribution in [0.15, 0.2) is 36.4 Å². The van der Waals surface area contributed by atoms with Gasteiger partial charge in [0.2, 0.25) is 11.6 Å². The number of halogens is 6. The van der Waals surface area contributed by atoms with Gasteiger partial charge < -0.3 is 9.80 Å². The molecule has 2 fully saturated rings. The average Bonchev–Trinajstić information content (AvgIpc) is 3.27. The van der Waals surface area contributed by atoms with Crippen molar-refractivity contribution in [3.63, 3.8) is 0 Å². The van der Waals surface area contributed by atoms with Crippen LogP contribution >= 0.6 is 0 Å². The second-order valence-corrected chi connectivity index (χ2v) is 19.9. The summed E-state index contributed by atoms with van der Waals surface area (Å²) in [6, 6.07) is 11.2. The second kappa shape index (κ2) is 13.2. The molecule has 0 saturated carbocycles. The van der Waals surface area contributed by atoms with Crippen LogP contribution in [-0.4, -0.2) is 11.1 Å². The molecule has 8 heteroatoms. The second-order valence-electron chi connectivity index (χ2n) is 19.9. The van der Waals surface area contributed by atoms with E-state index in [4.69, 9.17) is 0 Å². The van der Waals surface area contributed by atoms with Gasteiger partial charge in [-0.2, -0.15) is 0 Å². The van der Waals surface area contributed by atoms with E-state index >= 15 is 26.3 Å². The minimum atomic E-state index is -3.10. The third kappa shape index (κ3) is 5.80. The standard InChI is InChI=1S/C46H62F6N2/c1-25(2)29-19-17-20-30(26(3)4)39(29)53-43(13,14)23-41(9,10)45(53,51)33-35(47)37(49)34(38(50)36(33)48)46(52)42(11,12)24-44(15,16)54(46)40-31(27(5)6)21-18-22-32(40)28(7)8/h17-22,25-28H,23-24H2,1-16H3. The Morgan fingerprint density at radius 2 is 0.667 bits per heavy atom. The smallest absolute Gasteiger partial charge is 0.220 e. The molecule has 54 heavy (non-hydrogen) atoms. The van der Waals surface area contributed by atoms with Gasteiger partial charge in [-0.25, -0.2) is 26.3 Å². The van der Waals surface area contributed by atoms with Crippen molar-refractivity contribution in [1.82, 2.24) is 0 Å². The molecule has 2 heterocycles. The van der Waals surface area contributed by atoms with Crippen LogP contribution in [0.2, 0.25) is 0 Å². The zero-order valence-corrected chi connectivity index (χ0v) is 35.3. The van der Waals surface area contributed by atoms with Crippen LogP contribution < -0.4 is 9.80 Å². The van der Waals surface area contributed by atoms with Gasteiger partial charge >= 0.3 is 0 Å². The summed E-state index contributed by atoms with van der Waals surface area (Å²) in [5.41, 5.74) is -4.15. The molecule has 2 aliphatic heterocycles. The lowest BCUT2D eigenvalue weighted by Gasteiger charge is -2.48. The maximum Gasteiger partial charge on any atom is 0.220 e. The molecule has 3 aromatic rings. The molecular formula is C46H62F6N2. The van der Waals surface area contributed by atoms with Crippen molar-refractivity contribution < 1.29 is 26.3 Å². The first-order valence-electron chi connectivity index (χ1n) is 19.7. The normalized spacial score (nSPS) is 24.6. The summed E-state index contributed by atoms with van der Waals surface area (Å²) >= 11 is 0. The SMILES string of the molecule is CC(C)c1cccc(C(C)C)c1N1C(C)(C)CC(C)(C)C1(F)c1c(F)c(F)c(C2(F)N(c3c(C(C)C)cccc3C(C)C)C(C)(C)CC2(C)C)c(F)c1F. The van der Waals surface area contributed by atoms with Gasteiger partial charge in [-0.1, -0.05) is 119 Å². The summed E-state index contributed by atoms with van der Waals surface area (Å²) in [5, 5.41) is 0. The van der Waals surface area contributed by atoms with Crippen molar-refractivity contribution in [1.29, 1.82) is 0 Å². The van der Waals surface area contributed by atoms with Crippen LogP contribution in [0, 0.1) is 34.1 Å². The highest BCUT2D eigenvalue weighted by molar-refractivity contribution is 5.69. The number of para-hydroxylation sites is 2. The molecule has 298 valence electrons. The number of rotatable bonds is 8. The highest BCUT2D eigenvalue weighted by Gasteiger charge is 2.69. The van der Waals surface area contributed by atoms with Crippen molar-refractivity contribution in [3.05, 3.63) is 93.0 Å². The van der Waals surface area contributed by atoms with Crippen molar-refractivity contribution in [3.8, 4) is 0 Å². The van der Waals surface area contributed by atoms with E-state index in [1.807, 2.05) is 91.8 Å². The summed E-state index contributed by atoms with van der Waals surface area (Å²) < 4.78 is 107. The lowest BCUT2D eigenvalue weighted by Crippen LogP contribution is -2.54. The maximum absolute atomic E-state index is 18.9. The first kappa shape index (κ1) is 42.0. The summed E-state index contributed by atoms with van der Waals surface area (Å²) in [6.45, 7) is 28.8. The zero-order chi connectivity index (χ0) is 41.0. The number of nitrogens with zero attached hydrogens (tertiary/aromatic N) is 2. The monoisotopic (exact) mass is 756 g/mol. The van der Waals surface area contributed by atoms with Gasteiger partial charge in [-0.15, -0.1) is 0 Å². The molecule has 0 radical (unpaired) electrons. The van der Waals surface area contributed by atoms with E-state index in [1.165, 1.54) is 37.5 Å². The van der Waals surface area contributed by atoms with Gasteiger partial charge in [-0.05, 0) is 86.5 Å². The van der Waals surface area contributed by atoms with Gasteiger partial charge in [-0.3, -0.25) is 0 Å². The van der Waals surface area contributed by atoms with Crippen molar-refractivity contribution >= 4 is 11.4 Å². The van der Waals surface area contributed by atoms with E-state index in [0.29, 0.717) is 11.4 Å². The first-order valence-corrected chi connectivity index (χ1v) is 19.7. The highest BCUT2D eigenvalue weighted by atomic mass is 19.2. The van der Waals surface area contributed by atoms with Crippen LogP contribution in [-0.2, 0) is 11.6 Å². The summed E-state index contributed by atoms with van der Waals surface area (Å²) in [5.74, 6) is -14.4. The third-order valence-corrected chi connectivity index (χ3v) is 12.4. The Morgan fingerprint density at radius 1 is 0.444 bits per heavy atom. The summed E-state index contributed by atoms with van der Waals surface area (Å²) in [4.78, 5) is 2.72. The Morgan fingerprint density at radius 3 is 0.870 bits per heavy atom. The molecule has 0 amide bonds. The Hall–Kier alpha value is -3.16. The van der Waals surface area contributed by atoms with Crippen LogP contribution in [0.5, 0.6) is 0 Å². The molecule has 2 aliphatic rings. The number of alkyl halides is 2. The molecule has 0 aliphatic carbocycles. The Bertz CT molecular complexity index is 1720. The number of anilines is 2. The fraction of sp³-hybridized carbons (Fsp3) is 0.609. The Labute approximate surface area is 320 Å². The molecule has 2 saturated heterocycles. The van der Waals surface area contributed by atoms with Gasteiger partial charge in [0.1, 0.15) is 0 Å². The molecular weight excluding hydrogens is 695 g/mol. The zero-order valence-electron chi connectivity index (χ0n) is 35.3. The van der Waals surface area contributed by atoms with Crippen LogP contribution in [0.25, 0.3) is 0 Å². The molecule has 3 aromatic carbocycles. The fourth-order valence-corrected chi connectivity index (χ4v) is 10.6. The molecule has 2 atom stereocenters. The minimum Gasteiger partial charge on any atom is -0.329 e. The Kier molecular flexibility index (Phi) is 10.3. The van der Waals surface area contributed by atoms with Crippen LogP contribution in [0.3, 0.4) is 0 Å². The third-order valence-electron chi connectivity index (χ3n) is 12.4. The molecule has 0 aromatic heterocycles. The van der Waals surface area contributed by atoms with Crippen molar-refractivity contribution in [2.75, 3.05) is 9.80 Å². The molecule has 0 spiro atoms. The van der Waals surface area contributed by atoms with E-state index < -0.39 is 67.9 Å². The number of hydrogen-bond donors (Lipinski definition) is 0. The lowest BCUT2D eigenvalue weighted by molar-refractivity contribution is 0.0275. The van der Waals surface area contributed by atoms with E-state index in [9.17, 15) is 0 Å². The molecule has 2 unspecified atom stereocenters. The van der Waals surface area contributed by atoms with Gasteiger partial charge in [0.25, 0.3) is 0 Å². The van der Waals surface area contributed by atoms with Crippen molar-refractivity contribution in [2.24, 2.45) is 10.8 Å². The van der Waals surface area contributed by atoms with Gasteiger partial charge in [0.05, 0.1) is 11.1 Å². The summed E-state index contributed by atoms with van der Waals surface area (Å²) in [7, 11) is 0. The van der Waals surface area contributed by atoms with E-state index in [1.54, 1.807) is 27.7 Å². The lowest BCUT2D eigenvalue weighted by atomic mass is 9.74. The van der Waals surface area contributed by atoms with E-state index in [-0.39, 0.29) is 36.5 Å². The number of hydrogen-bond acceptors (Lipinski definition) is 2. The fourth-order valence-electron chi connectivity index (χ4n) is 10.6. The molecule has 0 bridgehead atoms. The number of benzene rings is 3. The van der Waals surface area contributed by atoms with E-state index in [2.05, 4.69) is 0 Å². The van der Waals surface area contributed by atoms with Crippen LogP contribution in [0.4, 0.5) is 37.7 Å². The first-order chi connectivity index (χ1) is 24.5. The van der Waals surface area contributed by atoms with E-state index in [0.717, 1.165) is 22.3 Å².